The number of alkyl halides is 3. The van der Waals surface area contributed by atoms with Crippen molar-refractivity contribution in [3.63, 3.8) is 0 Å². The summed E-state index contributed by atoms with van der Waals surface area (Å²) in [5.41, 5.74) is -0.875. The average Bonchev–Trinajstić information content (AvgIpc) is 2.47. The molecule has 0 saturated heterocycles. The maximum atomic E-state index is 12.2. The summed E-state index contributed by atoms with van der Waals surface area (Å²) in [4.78, 5) is 29.4. The summed E-state index contributed by atoms with van der Waals surface area (Å²) >= 11 is 0. The molecule has 2 aromatic rings. The van der Waals surface area contributed by atoms with E-state index < -0.39 is 29.4 Å². The van der Waals surface area contributed by atoms with Gasteiger partial charge < -0.3 is 10.4 Å². The van der Waals surface area contributed by atoms with Gasteiger partial charge in [0.1, 0.15) is 0 Å². The second-order valence-electron chi connectivity index (χ2n) is 4.08. The van der Waals surface area contributed by atoms with Gasteiger partial charge in [-0.25, -0.2) is 14.8 Å². The number of aromatic nitrogens is 2. The Morgan fingerprint density at radius 2 is 1.77 bits per heavy atom. The first-order chi connectivity index (χ1) is 10.3. The lowest BCUT2D eigenvalue weighted by Crippen LogP contribution is -2.31. The van der Waals surface area contributed by atoms with Crippen LogP contribution in [-0.4, -0.2) is 33.1 Å². The number of amides is 1. The second-order valence-corrected chi connectivity index (χ2v) is 4.08. The van der Waals surface area contributed by atoms with Crippen molar-refractivity contribution in [2.75, 3.05) is 5.32 Å². The van der Waals surface area contributed by atoms with Crippen LogP contribution in [-0.2, 0) is 4.79 Å². The van der Waals surface area contributed by atoms with Crippen LogP contribution in [0, 0.1) is 0 Å². The molecule has 0 saturated carbocycles. The first kappa shape index (κ1) is 15.4. The molecule has 0 aliphatic carbocycles. The largest absolute Gasteiger partial charge is 0.476 e. The van der Waals surface area contributed by atoms with Crippen molar-refractivity contribution in [3.8, 4) is 11.4 Å². The number of halogens is 3. The molecule has 0 fully saturated rings. The summed E-state index contributed by atoms with van der Waals surface area (Å²) in [6, 6.07) is 8.26. The number of aromatic carboxylic acids is 1. The van der Waals surface area contributed by atoms with E-state index in [-0.39, 0.29) is 5.82 Å². The van der Waals surface area contributed by atoms with Gasteiger partial charge in [0.2, 0.25) is 0 Å². The number of benzene rings is 1. The second kappa shape index (κ2) is 5.80. The molecule has 1 aromatic heterocycles. The fourth-order valence-corrected chi connectivity index (χ4v) is 1.56. The van der Waals surface area contributed by atoms with Gasteiger partial charge in [-0.15, -0.1) is 0 Å². The first-order valence-corrected chi connectivity index (χ1v) is 5.83. The van der Waals surface area contributed by atoms with Crippen molar-refractivity contribution >= 4 is 17.6 Å². The van der Waals surface area contributed by atoms with Crippen LogP contribution in [0.4, 0.5) is 18.9 Å². The quantitative estimate of drug-likeness (QED) is 0.907. The Balaban J connectivity index is 2.41. The molecule has 1 amide bonds. The molecule has 0 aliphatic heterocycles. The summed E-state index contributed by atoms with van der Waals surface area (Å²) in [6.07, 6.45) is -4.32. The van der Waals surface area contributed by atoms with Gasteiger partial charge in [0.25, 0.3) is 0 Å². The van der Waals surface area contributed by atoms with E-state index >= 15 is 0 Å². The van der Waals surface area contributed by atoms with Crippen LogP contribution < -0.4 is 5.32 Å². The lowest BCUT2D eigenvalue weighted by atomic mass is 10.2. The number of carbonyl (C=O) groups excluding carboxylic acids is 1. The maximum absolute atomic E-state index is 12.2. The summed E-state index contributed by atoms with van der Waals surface area (Å²) < 4.78 is 36.6. The Morgan fingerprint density at radius 1 is 1.14 bits per heavy atom. The van der Waals surface area contributed by atoms with Crippen LogP contribution in [0.1, 0.15) is 10.5 Å². The number of anilines is 1. The van der Waals surface area contributed by atoms with E-state index in [4.69, 9.17) is 5.11 Å². The van der Waals surface area contributed by atoms with Gasteiger partial charge in [-0.2, -0.15) is 13.2 Å². The van der Waals surface area contributed by atoms with E-state index in [1.54, 1.807) is 30.3 Å². The Kier molecular flexibility index (Phi) is 4.06. The van der Waals surface area contributed by atoms with E-state index in [2.05, 4.69) is 9.97 Å². The highest BCUT2D eigenvalue weighted by atomic mass is 19.4. The SMILES string of the molecule is O=C(O)c1nc(-c2ccccc2)ncc1NC(=O)C(F)(F)F. The third-order valence-corrected chi connectivity index (χ3v) is 2.53. The highest BCUT2D eigenvalue weighted by molar-refractivity contribution is 6.01. The van der Waals surface area contributed by atoms with E-state index in [1.807, 2.05) is 0 Å². The number of hydrogen-bond acceptors (Lipinski definition) is 4. The Morgan fingerprint density at radius 3 is 2.32 bits per heavy atom. The van der Waals surface area contributed by atoms with Crippen molar-refractivity contribution in [1.82, 2.24) is 9.97 Å². The molecule has 0 spiro atoms. The first-order valence-electron chi connectivity index (χ1n) is 5.83. The highest BCUT2D eigenvalue weighted by Crippen LogP contribution is 2.22. The summed E-state index contributed by atoms with van der Waals surface area (Å²) in [6.45, 7) is 0. The van der Waals surface area contributed by atoms with E-state index in [0.29, 0.717) is 5.56 Å². The molecule has 9 heteroatoms. The molecule has 2 N–H and O–H groups in total. The van der Waals surface area contributed by atoms with Gasteiger partial charge in [-0.3, -0.25) is 4.79 Å². The zero-order valence-electron chi connectivity index (χ0n) is 10.8. The minimum absolute atomic E-state index is 0.0167. The van der Waals surface area contributed by atoms with E-state index in [1.165, 1.54) is 5.32 Å². The van der Waals surface area contributed by atoms with Gasteiger partial charge in [0.15, 0.2) is 11.5 Å². The fraction of sp³-hybridized carbons (Fsp3) is 0.0769. The molecule has 0 aliphatic rings. The van der Waals surface area contributed by atoms with Crippen LogP contribution in [0.25, 0.3) is 11.4 Å². The molecular weight excluding hydrogens is 303 g/mol. The zero-order valence-corrected chi connectivity index (χ0v) is 10.8. The van der Waals surface area contributed by atoms with Crippen LogP contribution in [0.15, 0.2) is 36.5 Å². The molecule has 2 rings (SSSR count). The van der Waals surface area contributed by atoms with Crippen LogP contribution in [0.3, 0.4) is 0 Å². The number of carbonyl (C=O) groups is 2. The Labute approximate surface area is 121 Å². The van der Waals surface area contributed by atoms with Crippen molar-refractivity contribution < 1.29 is 27.9 Å². The monoisotopic (exact) mass is 311 g/mol. The fourth-order valence-electron chi connectivity index (χ4n) is 1.56. The summed E-state index contributed by atoms with van der Waals surface area (Å²) in [7, 11) is 0. The third kappa shape index (κ3) is 3.37. The van der Waals surface area contributed by atoms with E-state index in [0.717, 1.165) is 6.20 Å². The molecule has 0 unspecified atom stereocenters. The lowest BCUT2D eigenvalue weighted by molar-refractivity contribution is -0.167. The van der Waals surface area contributed by atoms with Crippen molar-refractivity contribution in [1.29, 1.82) is 0 Å². The standard InChI is InChI=1S/C13H8F3N3O3/c14-13(15,16)12(22)18-8-6-17-10(19-9(8)11(20)21)7-4-2-1-3-5-7/h1-6H,(H,18,22)(H,20,21). The van der Waals surface area contributed by atoms with Crippen molar-refractivity contribution in [3.05, 3.63) is 42.2 Å². The molecule has 22 heavy (non-hydrogen) atoms. The third-order valence-electron chi connectivity index (χ3n) is 2.53. The van der Waals surface area contributed by atoms with Crippen LogP contribution >= 0.6 is 0 Å². The topological polar surface area (TPSA) is 92.2 Å². The molecule has 0 bridgehead atoms. The van der Waals surface area contributed by atoms with Crippen molar-refractivity contribution in [2.45, 2.75) is 6.18 Å². The number of rotatable bonds is 3. The molecular formula is C13H8F3N3O3. The predicted octanol–water partition coefficient (Wildman–Crippen LogP) is 2.34. The Bertz CT molecular complexity index is 717. The summed E-state index contributed by atoms with van der Waals surface area (Å²) in [5.74, 6) is -3.87. The van der Waals surface area contributed by atoms with E-state index in [9.17, 15) is 22.8 Å². The number of nitrogens with zero attached hydrogens (tertiary/aromatic N) is 2. The molecule has 1 aromatic carbocycles. The smallest absolute Gasteiger partial charge is 0.471 e. The van der Waals surface area contributed by atoms with Gasteiger partial charge in [0, 0.05) is 5.56 Å². The van der Waals surface area contributed by atoms with Gasteiger partial charge >= 0.3 is 18.1 Å². The predicted molar refractivity (Wildman–Crippen MR) is 69.1 cm³/mol. The minimum Gasteiger partial charge on any atom is -0.476 e. The highest BCUT2D eigenvalue weighted by Gasteiger charge is 2.39. The number of carboxylic acids is 1. The minimum atomic E-state index is -5.14. The number of nitrogens with one attached hydrogen (secondary N) is 1. The van der Waals surface area contributed by atoms with Gasteiger partial charge in [-0.05, 0) is 0 Å². The van der Waals surface area contributed by atoms with Gasteiger partial charge in [0.05, 0.1) is 11.9 Å². The molecule has 0 radical (unpaired) electrons. The summed E-state index contributed by atoms with van der Waals surface area (Å²) in [5, 5.41) is 10.5. The molecule has 6 nitrogen and oxygen atoms in total. The normalized spacial score (nSPS) is 11.0. The van der Waals surface area contributed by atoms with Crippen LogP contribution in [0.5, 0.6) is 0 Å². The average molecular weight is 311 g/mol. The van der Waals surface area contributed by atoms with Crippen LogP contribution in [0.2, 0.25) is 0 Å². The Hall–Kier alpha value is -2.97. The number of carboxylic acid groups (broad SMARTS) is 1. The maximum Gasteiger partial charge on any atom is 0.471 e. The lowest BCUT2D eigenvalue weighted by Gasteiger charge is -2.10. The zero-order chi connectivity index (χ0) is 16.3. The number of hydrogen-bond donors (Lipinski definition) is 2. The molecule has 1 heterocycles. The molecule has 0 atom stereocenters. The van der Waals surface area contributed by atoms with Crippen molar-refractivity contribution in [2.24, 2.45) is 0 Å². The van der Waals surface area contributed by atoms with Gasteiger partial charge in [-0.1, -0.05) is 30.3 Å². The molecule has 114 valence electrons.